The second-order valence-electron chi connectivity index (χ2n) is 6.22. The predicted octanol–water partition coefficient (Wildman–Crippen LogP) is 4.95. The van der Waals surface area contributed by atoms with Crippen molar-refractivity contribution < 1.29 is 4.42 Å². The molecule has 1 aliphatic rings. The highest BCUT2D eigenvalue weighted by molar-refractivity contribution is 7.18. The number of fused-ring (bicyclic) bond motifs is 4. The van der Waals surface area contributed by atoms with E-state index in [1.807, 2.05) is 30.3 Å². The maximum atomic E-state index is 12.6. The van der Waals surface area contributed by atoms with Crippen molar-refractivity contribution in [2.24, 2.45) is 0 Å². The summed E-state index contributed by atoms with van der Waals surface area (Å²) in [6, 6.07) is 14.1. The van der Waals surface area contributed by atoms with Gasteiger partial charge in [-0.3, -0.25) is 0 Å². The third-order valence-corrected chi connectivity index (χ3v) is 5.96. The molecule has 0 radical (unpaired) electrons. The molecule has 0 atom stereocenters. The molecule has 0 aliphatic heterocycles. The molecular formula is C20H15NO2S. The first kappa shape index (κ1) is 13.9. The summed E-state index contributed by atoms with van der Waals surface area (Å²) in [5.41, 5.74) is 1.80. The first-order valence-corrected chi connectivity index (χ1v) is 9.06. The molecular weight excluding hydrogens is 318 g/mol. The lowest BCUT2D eigenvalue weighted by molar-refractivity contribution is 0.518. The number of hydrogen-bond acceptors (Lipinski definition) is 4. The lowest BCUT2D eigenvalue weighted by Gasteiger charge is -2.09. The van der Waals surface area contributed by atoms with Crippen LogP contribution in [0.2, 0.25) is 0 Å². The van der Waals surface area contributed by atoms with Gasteiger partial charge in [-0.1, -0.05) is 36.4 Å². The van der Waals surface area contributed by atoms with Crippen LogP contribution >= 0.6 is 11.3 Å². The Labute approximate surface area is 142 Å². The van der Waals surface area contributed by atoms with Gasteiger partial charge in [0.2, 0.25) is 5.89 Å². The lowest BCUT2D eigenvalue weighted by atomic mass is 9.97. The van der Waals surface area contributed by atoms with Crippen molar-refractivity contribution in [3.63, 3.8) is 0 Å². The van der Waals surface area contributed by atoms with E-state index in [4.69, 9.17) is 9.40 Å². The van der Waals surface area contributed by atoms with Crippen LogP contribution in [-0.4, -0.2) is 4.98 Å². The molecule has 5 rings (SSSR count). The Bertz CT molecular complexity index is 1130. The first-order chi connectivity index (χ1) is 11.8. The van der Waals surface area contributed by atoms with Crippen molar-refractivity contribution in [1.29, 1.82) is 0 Å². The van der Waals surface area contributed by atoms with Gasteiger partial charge in [0.1, 0.15) is 10.2 Å². The molecule has 2 heterocycles. The van der Waals surface area contributed by atoms with Crippen LogP contribution in [0.4, 0.5) is 0 Å². The molecule has 0 saturated carbocycles. The van der Waals surface area contributed by atoms with Gasteiger partial charge in [0.15, 0.2) is 0 Å². The Morgan fingerprint density at radius 2 is 1.83 bits per heavy atom. The molecule has 1 aliphatic carbocycles. The minimum Gasteiger partial charge on any atom is -0.403 e. The van der Waals surface area contributed by atoms with E-state index >= 15 is 0 Å². The Kier molecular flexibility index (Phi) is 3.06. The number of hydrogen-bond donors (Lipinski definition) is 0. The zero-order valence-electron chi connectivity index (χ0n) is 13.0. The zero-order chi connectivity index (χ0) is 16.1. The van der Waals surface area contributed by atoms with E-state index in [1.54, 1.807) is 11.3 Å². The third kappa shape index (κ3) is 2.03. The van der Waals surface area contributed by atoms with Crippen molar-refractivity contribution in [3.05, 3.63) is 63.3 Å². The molecule has 2 aromatic carbocycles. The first-order valence-electron chi connectivity index (χ1n) is 8.25. The Morgan fingerprint density at radius 1 is 1.00 bits per heavy atom. The van der Waals surface area contributed by atoms with Gasteiger partial charge in [-0.15, -0.1) is 11.3 Å². The lowest BCUT2D eigenvalue weighted by Crippen LogP contribution is -2.06. The van der Waals surface area contributed by atoms with Crippen LogP contribution in [0, 0.1) is 0 Å². The average molecular weight is 333 g/mol. The summed E-state index contributed by atoms with van der Waals surface area (Å²) in [5.74, 6) is 0.419. The van der Waals surface area contributed by atoms with Crippen LogP contribution in [-0.2, 0) is 12.8 Å². The Balaban J connectivity index is 1.80. The van der Waals surface area contributed by atoms with Crippen LogP contribution in [0.1, 0.15) is 23.3 Å². The van der Waals surface area contributed by atoms with E-state index in [-0.39, 0.29) is 5.63 Å². The molecule has 2 aromatic heterocycles. The number of thiophene rings is 1. The molecule has 0 bridgehead atoms. The fraction of sp³-hybridized carbons (Fsp3) is 0.200. The summed E-state index contributed by atoms with van der Waals surface area (Å²) in [6.07, 6.45) is 4.36. The van der Waals surface area contributed by atoms with Crippen LogP contribution in [0.5, 0.6) is 0 Å². The van der Waals surface area contributed by atoms with Crippen molar-refractivity contribution in [2.75, 3.05) is 0 Å². The van der Waals surface area contributed by atoms with Crippen molar-refractivity contribution >= 4 is 32.3 Å². The third-order valence-electron chi connectivity index (χ3n) is 4.77. The van der Waals surface area contributed by atoms with Gasteiger partial charge >= 0.3 is 5.63 Å². The monoisotopic (exact) mass is 333 g/mol. The number of nitrogens with zero attached hydrogens (tertiary/aromatic N) is 1. The van der Waals surface area contributed by atoms with Gasteiger partial charge in [0.05, 0.1) is 0 Å². The molecule has 24 heavy (non-hydrogen) atoms. The normalized spacial score (nSPS) is 14.2. The van der Waals surface area contributed by atoms with E-state index in [9.17, 15) is 4.79 Å². The van der Waals surface area contributed by atoms with E-state index in [0.29, 0.717) is 11.3 Å². The molecule has 0 amide bonds. The van der Waals surface area contributed by atoms with Gasteiger partial charge in [-0.05, 0) is 48.1 Å². The van der Waals surface area contributed by atoms with Crippen LogP contribution < -0.4 is 5.63 Å². The maximum absolute atomic E-state index is 12.6. The van der Waals surface area contributed by atoms with Crippen LogP contribution in [0.25, 0.3) is 32.4 Å². The van der Waals surface area contributed by atoms with Crippen molar-refractivity contribution in [1.82, 2.24) is 4.98 Å². The molecule has 0 N–H and O–H groups in total. The largest absolute Gasteiger partial charge is 0.403 e. The molecule has 0 fully saturated rings. The summed E-state index contributed by atoms with van der Waals surface area (Å²) < 4.78 is 5.65. The minimum atomic E-state index is -0.248. The average Bonchev–Trinajstić information content (AvgIpc) is 3.00. The Morgan fingerprint density at radius 3 is 2.79 bits per heavy atom. The number of aromatic nitrogens is 1. The van der Waals surface area contributed by atoms with Gasteiger partial charge in [0, 0.05) is 10.4 Å². The van der Waals surface area contributed by atoms with E-state index in [1.165, 1.54) is 16.9 Å². The van der Waals surface area contributed by atoms with Gasteiger partial charge in [0.25, 0.3) is 0 Å². The van der Waals surface area contributed by atoms with Crippen LogP contribution in [0.3, 0.4) is 0 Å². The fourth-order valence-electron chi connectivity index (χ4n) is 3.62. The second-order valence-corrected chi connectivity index (χ2v) is 7.31. The smallest absolute Gasteiger partial charge is 0.348 e. The van der Waals surface area contributed by atoms with Crippen molar-refractivity contribution in [3.8, 4) is 11.5 Å². The predicted molar refractivity (Wildman–Crippen MR) is 97.7 cm³/mol. The highest BCUT2D eigenvalue weighted by atomic mass is 32.1. The number of rotatable bonds is 1. The summed E-state index contributed by atoms with van der Waals surface area (Å²) in [4.78, 5) is 19.5. The van der Waals surface area contributed by atoms with Gasteiger partial charge in [-0.2, -0.15) is 0 Å². The molecule has 0 unspecified atom stereocenters. The molecule has 4 aromatic rings. The fourth-order valence-corrected chi connectivity index (χ4v) is 4.87. The van der Waals surface area contributed by atoms with Crippen molar-refractivity contribution in [2.45, 2.75) is 25.7 Å². The quantitative estimate of drug-likeness (QED) is 0.495. The SMILES string of the molecule is O=c1oc(-c2cccc3ccccc23)nc2sc3c(c12)CCCC3. The summed E-state index contributed by atoms with van der Waals surface area (Å²) >= 11 is 1.66. The molecule has 118 valence electrons. The maximum Gasteiger partial charge on any atom is 0.348 e. The van der Waals surface area contributed by atoms with E-state index in [2.05, 4.69) is 12.1 Å². The molecule has 0 saturated heterocycles. The van der Waals surface area contributed by atoms with E-state index < -0.39 is 0 Å². The highest BCUT2D eigenvalue weighted by Gasteiger charge is 2.21. The summed E-state index contributed by atoms with van der Waals surface area (Å²) in [5, 5.41) is 2.88. The zero-order valence-corrected chi connectivity index (χ0v) is 13.9. The molecule has 0 spiro atoms. The second kappa shape index (κ2) is 5.28. The topological polar surface area (TPSA) is 43.1 Å². The Hall–Kier alpha value is -2.46. The number of benzene rings is 2. The highest BCUT2D eigenvalue weighted by Crippen LogP contribution is 2.35. The summed E-state index contributed by atoms with van der Waals surface area (Å²) in [6.45, 7) is 0. The van der Waals surface area contributed by atoms with Crippen LogP contribution in [0.15, 0.2) is 51.7 Å². The van der Waals surface area contributed by atoms with Gasteiger partial charge < -0.3 is 4.42 Å². The minimum absolute atomic E-state index is 0.248. The number of aryl methyl sites for hydroxylation is 2. The summed E-state index contributed by atoms with van der Waals surface area (Å²) in [7, 11) is 0. The van der Waals surface area contributed by atoms with E-state index in [0.717, 1.165) is 40.4 Å². The molecule has 4 heteroatoms. The standard InChI is InChI=1S/C20H15NO2S/c22-20-17-15-9-3-4-11-16(15)24-19(17)21-18(23-20)14-10-5-7-12-6-1-2-8-13(12)14/h1-2,5-8,10H,3-4,9,11H2. The molecule has 3 nitrogen and oxygen atoms in total. The van der Waals surface area contributed by atoms with Gasteiger partial charge in [-0.25, -0.2) is 9.78 Å².